The van der Waals surface area contributed by atoms with E-state index in [4.69, 9.17) is 5.73 Å². The zero-order valence-corrected chi connectivity index (χ0v) is 9.14. The van der Waals surface area contributed by atoms with Gasteiger partial charge in [0.2, 0.25) is 5.91 Å². The number of hydrogen-bond donors (Lipinski definition) is 1. The third-order valence-electron chi connectivity index (χ3n) is 2.63. The molecule has 4 heteroatoms. The van der Waals surface area contributed by atoms with Crippen molar-refractivity contribution in [1.29, 1.82) is 0 Å². The summed E-state index contributed by atoms with van der Waals surface area (Å²) in [6, 6.07) is 0.294. The first-order valence-electron chi connectivity index (χ1n) is 4.74. The van der Waals surface area contributed by atoms with Gasteiger partial charge in [-0.05, 0) is 26.0 Å². The smallest absolute Gasteiger partial charge is 0.235 e. The van der Waals surface area contributed by atoms with E-state index in [9.17, 15) is 4.79 Å². The molecule has 0 aromatic carbocycles. The Morgan fingerprint density at radius 1 is 1.77 bits per heavy atom. The van der Waals surface area contributed by atoms with Crippen molar-refractivity contribution in [3.63, 3.8) is 0 Å². The highest BCUT2D eigenvalue weighted by atomic mass is 32.2. The van der Waals surface area contributed by atoms with E-state index in [1.807, 2.05) is 18.1 Å². The van der Waals surface area contributed by atoms with Crippen LogP contribution in [0.25, 0.3) is 0 Å². The quantitative estimate of drug-likeness (QED) is 0.732. The van der Waals surface area contributed by atoms with Gasteiger partial charge in [0, 0.05) is 19.1 Å². The fourth-order valence-corrected chi connectivity index (χ4v) is 2.04. The fraction of sp³-hybridized carbons (Fsp3) is 0.889. The van der Waals surface area contributed by atoms with Gasteiger partial charge in [-0.15, -0.1) is 0 Å². The summed E-state index contributed by atoms with van der Waals surface area (Å²) in [6.07, 6.45) is 4.15. The summed E-state index contributed by atoms with van der Waals surface area (Å²) in [7, 11) is 0. The molecule has 0 bridgehead atoms. The van der Waals surface area contributed by atoms with Crippen LogP contribution in [-0.2, 0) is 4.79 Å². The number of rotatable bonds is 3. The third kappa shape index (κ3) is 2.38. The van der Waals surface area contributed by atoms with Crippen LogP contribution in [0.1, 0.15) is 19.8 Å². The molecular formula is C9H18N2OS. The first-order valence-corrected chi connectivity index (χ1v) is 6.02. The number of hydrogen-bond acceptors (Lipinski definition) is 3. The second kappa shape index (κ2) is 4.86. The number of thioether (sulfide) groups is 1. The Labute approximate surface area is 84.0 Å². The Balaban J connectivity index is 2.54. The predicted octanol–water partition coefficient (Wildman–Crippen LogP) is 0.688. The Hall–Kier alpha value is -0.220. The second-order valence-corrected chi connectivity index (χ2v) is 4.62. The van der Waals surface area contributed by atoms with Crippen LogP contribution in [0.4, 0.5) is 0 Å². The summed E-state index contributed by atoms with van der Waals surface area (Å²) in [5, 5.41) is 0.0761. The van der Waals surface area contributed by atoms with Crippen LogP contribution in [-0.4, -0.2) is 41.4 Å². The van der Waals surface area contributed by atoms with Crippen molar-refractivity contribution in [1.82, 2.24) is 4.90 Å². The molecule has 1 amide bonds. The van der Waals surface area contributed by atoms with E-state index in [-0.39, 0.29) is 11.2 Å². The van der Waals surface area contributed by atoms with Crippen LogP contribution >= 0.6 is 11.8 Å². The second-order valence-electron chi connectivity index (χ2n) is 3.44. The van der Waals surface area contributed by atoms with Crippen molar-refractivity contribution in [3.8, 4) is 0 Å². The predicted molar refractivity (Wildman–Crippen MR) is 56.8 cm³/mol. The third-order valence-corrected chi connectivity index (χ3v) is 3.54. The number of nitrogens with zero attached hydrogens (tertiary/aromatic N) is 1. The van der Waals surface area contributed by atoms with Gasteiger partial charge in [-0.3, -0.25) is 4.79 Å². The lowest BCUT2D eigenvalue weighted by molar-refractivity contribution is -0.130. The van der Waals surface area contributed by atoms with Crippen LogP contribution in [0.15, 0.2) is 0 Å². The van der Waals surface area contributed by atoms with Gasteiger partial charge in [0.05, 0.1) is 5.25 Å². The SMILES string of the molecule is CSC(C)C(=O)N1CCCC1CN. The van der Waals surface area contributed by atoms with Gasteiger partial charge in [-0.25, -0.2) is 0 Å². The molecule has 1 heterocycles. The van der Waals surface area contributed by atoms with Crippen LogP contribution in [0.5, 0.6) is 0 Å². The van der Waals surface area contributed by atoms with Crippen molar-refractivity contribution in [2.75, 3.05) is 19.3 Å². The Morgan fingerprint density at radius 3 is 3.00 bits per heavy atom. The first kappa shape index (κ1) is 10.9. The van der Waals surface area contributed by atoms with Gasteiger partial charge in [0.15, 0.2) is 0 Å². The van der Waals surface area contributed by atoms with Crippen molar-refractivity contribution >= 4 is 17.7 Å². The van der Waals surface area contributed by atoms with Crippen LogP contribution in [0.3, 0.4) is 0 Å². The molecule has 1 aliphatic heterocycles. The molecule has 1 saturated heterocycles. The van der Waals surface area contributed by atoms with E-state index in [2.05, 4.69) is 0 Å². The van der Waals surface area contributed by atoms with Gasteiger partial charge in [0.25, 0.3) is 0 Å². The highest BCUT2D eigenvalue weighted by Crippen LogP contribution is 2.20. The van der Waals surface area contributed by atoms with E-state index in [1.165, 1.54) is 0 Å². The molecule has 0 aromatic heterocycles. The van der Waals surface area contributed by atoms with Gasteiger partial charge in [-0.1, -0.05) is 0 Å². The normalized spacial score (nSPS) is 24.8. The highest BCUT2D eigenvalue weighted by molar-refractivity contribution is 7.99. The minimum absolute atomic E-state index is 0.0761. The minimum atomic E-state index is 0.0761. The summed E-state index contributed by atoms with van der Waals surface area (Å²) < 4.78 is 0. The lowest BCUT2D eigenvalue weighted by atomic mass is 10.2. The largest absolute Gasteiger partial charge is 0.337 e. The minimum Gasteiger partial charge on any atom is -0.337 e. The molecular weight excluding hydrogens is 184 g/mol. The average molecular weight is 202 g/mol. The molecule has 2 N–H and O–H groups in total. The molecule has 1 aliphatic rings. The lowest BCUT2D eigenvalue weighted by Gasteiger charge is -2.25. The van der Waals surface area contributed by atoms with Crippen molar-refractivity contribution in [2.24, 2.45) is 5.73 Å². The lowest BCUT2D eigenvalue weighted by Crippen LogP contribution is -2.43. The van der Waals surface area contributed by atoms with E-state index < -0.39 is 0 Å². The molecule has 0 aromatic rings. The molecule has 0 spiro atoms. The van der Waals surface area contributed by atoms with Gasteiger partial charge < -0.3 is 10.6 Å². The number of carbonyl (C=O) groups excluding carboxylic acids is 1. The summed E-state index contributed by atoms with van der Waals surface area (Å²) in [4.78, 5) is 13.7. The topological polar surface area (TPSA) is 46.3 Å². The zero-order chi connectivity index (χ0) is 9.84. The Bertz CT molecular complexity index is 186. The van der Waals surface area contributed by atoms with E-state index >= 15 is 0 Å². The van der Waals surface area contributed by atoms with Crippen molar-refractivity contribution in [3.05, 3.63) is 0 Å². The molecule has 0 radical (unpaired) electrons. The number of likely N-dealkylation sites (tertiary alicyclic amines) is 1. The number of nitrogens with two attached hydrogens (primary N) is 1. The van der Waals surface area contributed by atoms with E-state index in [0.29, 0.717) is 12.6 Å². The molecule has 2 atom stereocenters. The van der Waals surface area contributed by atoms with Crippen LogP contribution in [0.2, 0.25) is 0 Å². The summed E-state index contributed by atoms with van der Waals surface area (Å²) in [5.74, 6) is 0.250. The van der Waals surface area contributed by atoms with Gasteiger partial charge in [0.1, 0.15) is 0 Å². The maximum Gasteiger partial charge on any atom is 0.235 e. The maximum absolute atomic E-state index is 11.8. The number of amides is 1. The van der Waals surface area contributed by atoms with Gasteiger partial charge >= 0.3 is 0 Å². The molecule has 0 aliphatic carbocycles. The molecule has 2 unspecified atom stereocenters. The fourth-order valence-electron chi connectivity index (χ4n) is 1.71. The summed E-state index contributed by atoms with van der Waals surface area (Å²) in [5.41, 5.74) is 5.60. The Morgan fingerprint density at radius 2 is 2.46 bits per heavy atom. The van der Waals surface area contributed by atoms with E-state index in [1.54, 1.807) is 11.8 Å². The maximum atomic E-state index is 11.8. The van der Waals surface area contributed by atoms with Crippen molar-refractivity contribution < 1.29 is 4.79 Å². The molecule has 13 heavy (non-hydrogen) atoms. The zero-order valence-electron chi connectivity index (χ0n) is 8.32. The average Bonchev–Trinajstić information content (AvgIpc) is 2.62. The van der Waals surface area contributed by atoms with E-state index in [0.717, 1.165) is 19.4 Å². The molecule has 1 rings (SSSR count). The molecule has 0 saturated carbocycles. The number of carbonyl (C=O) groups is 1. The van der Waals surface area contributed by atoms with Crippen molar-refractivity contribution in [2.45, 2.75) is 31.1 Å². The van der Waals surface area contributed by atoms with Crippen LogP contribution < -0.4 is 5.73 Å². The highest BCUT2D eigenvalue weighted by Gasteiger charge is 2.29. The summed E-state index contributed by atoms with van der Waals surface area (Å²) in [6.45, 7) is 3.46. The van der Waals surface area contributed by atoms with Gasteiger partial charge in [-0.2, -0.15) is 11.8 Å². The molecule has 3 nitrogen and oxygen atoms in total. The monoisotopic (exact) mass is 202 g/mol. The van der Waals surface area contributed by atoms with Crippen LogP contribution in [0, 0.1) is 0 Å². The standard InChI is InChI=1S/C9H18N2OS/c1-7(13-2)9(12)11-5-3-4-8(11)6-10/h7-8H,3-6,10H2,1-2H3. The first-order chi connectivity index (χ1) is 6.20. The molecule has 76 valence electrons. The Kier molecular flexibility index (Phi) is 4.06. The summed E-state index contributed by atoms with van der Waals surface area (Å²) >= 11 is 1.60. The molecule has 1 fully saturated rings.